The van der Waals surface area contributed by atoms with Gasteiger partial charge >= 0.3 is 5.82 Å². The smallest absolute Gasteiger partial charge is 0.363 e. The van der Waals surface area contributed by atoms with Gasteiger partial charge in [0.2, 0.25) is 5.89 Å². The molecule has 0 aliphatic carbocycles. The standard InChI is InChI=1S/C21H17N5O3/c27-26(28)20-8-4-15(12-23-20)14-3-6-18-17(11-14)24-21(29-18)16-5-7-19(22-13-16)25-9-1-2-10-25/h3-8,11-13H,1-2,9-10H2. The molecular weight excluding hydrogens is 370 g/mol. The molecule has 1 saturated heterocycles. The highest BCUT2D eigenvalue weighted by Gasteiger charge is 2.15. The Morgan fingerprint density at radius 3 is 2.38 bits per heavy atom. The molecular formula is C21H17N5O3. The molecule has 0 amide bonds. The van der Waals surface area contributed by atoms with Crippen LogP contribution in [0.1, 0.15) is 12.8 Å². The van der Waals surface area contributed by atoms with E-state index in [1.807, 2.05) is 30.3 Å². The van der Waals surface area contributed by atoms with Gasteiger partial charge in [-0.1, -0.05) is 6.07 Å². The largest absolute Gasteiger partial charge is 0.436 e. The number of oxazole rings is 1. The summed E-state index contributed by atoms with van der Waals surface area (Å²) in [7, 11) is 0. The lowest BCUT2D eigenvalue weighted by molar-refractivity contribution is -0.389. The van der Waals surface area contributed by atoms with Crippen LogP contribution < -0.4 is 4.90 Å². The summed E-state index contributed by atoms with van der Waals surface area (Å²) in [6.45, 7) is 2.10. The van der Waals surface area contributed by atoms with Gasteiger partial charge in [0.15, 0.2) is 5.58 Å². The van der Waals surface area contributed by atoms with E-state index in [0.717, 1.165) is 35.6 Å². The van der Waals surface area contributed by atoms with Crippen LogP contribution >= 0.6 is 0 Å². The average molecular weight is 387 g/mol. The summed E-state index contributed by atoms with van der Waals surface area (Å²) < 4.78 is 5.89. The van der Waals surface area contributed by atoms with E-state index in [1.165, 1.54) is 25.1 Å². The third-order valence-corrected chi connectivity index (χ3v) is 5.08. The first kappa shape index (κ1) is 17.3. The number of fused-ring (bicyclic) bond motifs is 1. The molecule has 1 aromatic carbocycles. The number of nitrogens with zero attached hydrogens (tertiary/aromatic N) is 5. The van der Waals surface area contributed by atoms with Crippen molar-refractivity contribution in [3.8, 4) is 22.6 Å². The highest BCUT2D eigenvalue weighted by atomic mass is 16.6. The van der Waals surface area contributed by atoms with E-state index in [2.05, 4.69) is 19.9 Å². The second-order valence-electron chi connectivity index (χ2n) is 6.96. The Kier molecular flexibility index (Phi) is 4.16. The van der Waals surface area contributed by atoms with Crippen LogP contribution in [0.2, 0.25) is 0 Å². The summed E-state index contributed by atoms with van der Waals surface area (Å²) in [5.74, 6) is 1.32. The van der Waals surface area contributed by atoms with Crippen molar-refractivity contribution in [3.05, 3.63) is 65.0 Å². The topological polar surface area (TPSA) is 98.2 Å². The molecule has 0 radical (unpaired) electrons. The van der Waals surface area contributed by atoms with Gasteiger partial charge in [0.1, 0.15) is 17.5 Å². The molecule has 144 valence electrons. The molecule has 1 aliphatic heterocycles. The fourth-order valence-corrected chi connectivity index (χ4v) is 3.54. The molecule has 8 nitrogen and oxygen atoms in total. The van der Waals surface area contributed by atoms with Crippen molar-refractivity contribution in [2.24, 2.45) is 0 Å². The number of anilines is 1. The lowest BCUT2D eigenvalue weighted by Gasteiger charge is -2.15. The Labute approximate surface area is 166 Å². The van der Waals surface area contributed by atoms with Crippen LogP contribution in [-0.4, -0.2) is 33.0 Å². The highest BCUT2D eigenvalue weighted by Crippen LogP contribution is 2.29. The van der Waals surface area contributed by atoms with E-state index in [9.17, 15) is 10.1 Å². The Hall–Kier alpha value is -3.81. The van der Waals surface area contributed by atoms with Gasteiger partial charge in [0.25, 0.3) is 0 Å². The van der Waals surface area contributed by atoms with Gasteiger partial charge < -0.3 is 19.4 Å². The molecule has 0 unspecified atom stereocenters. The second kappa shape index (κ2) is 6.97. The fourth-order valence-electron chi connectivity index (χ4n) is 3.54. The maximum atomic E-state index is 10.8. The summed E-state index contributed by atoms with van der Waals surface area (Å²) >= 11 is 0. The molecule has 0 atom stereocenters. The minimum absolute atomic E-state index is 0.177. The third-order valence-electron chi connectivity index (χ3n) is 5.08. The molecule has 1 fully saturated rings. The lowest BCUT2D eigenvalue weighted by atomic mass is 10.1. The third kappa shape index (κ3) is 3.29. The zero-order valence-electron chi connectivity index (χ0n) is 15.5. The van der Waals surface area contributed by atoms with Crippen LogP contribution in [0.15, 0.2) is 59.3 Å². The molecule has 0 spiro atoms. The quantitative estimate of drug-likeness (QED) is 0.376. The first-order valence-electron chi connectivity index (χ1n) is 9.40. The highest BCUT2D eigenvalue weighted by molar-refractivity contribution is 5.82. The number of hydrogen-bond donors (Lipinski definition) is 0. The van der Waals surface area contributed by atoms with E-state index < -0.39 is 4.92 Å². The van der Waals surface area contributed by atoms with Gasteiger partial charge in [-0.15, -0.1) is 0 Å². The Balaban J connectivity index is 1.43. The Morgan fingerprint density at radius 1 is 0.931 bits per heavy atom. The van der Waals surface area contributed by atoms with Crippen LogP contribution in [-0.2, 0) is 0 Å². The summed E-state index contributed by atoms with van der Waals surface area (Å²) in [6.07, 6.45) is 5.70. The van der Waals surface area contributed by atoms with E-state index in [1.54, 1.807) is 12.3 Å². The van der Waals surface area contributed by atoms with Gasteiger partial charge in [0, 0.05) is 30.9 Å². The van der Waals surface area contributed by atoms with Gasteiger partial charge in [-0.2, -0.15) is 0 Å². The zero-order valence-corrected chi connectivity index (χ0v) is 15.5. The van der Waals surface area contributed by atoms with Crippen LogP contribution in [0.4, 0.5) is 11.6 Å². The van der Waals surface area contributed by atoms with Crippen molar-refractivity contribution in [1.29, 1.82) is 0 Å². The summed E-state index contributed by atoms with van der Waals surface area (Å²) in [6, 6.07) is 12.7. The normalized spacial score (nSPS) is 13.9. The molecule has 3 aromatic heterocycles. The first-order chi connectivity index (χ1) is 14.2. The minimum atomic E-state index is -0.514. The van der Waals surface area contributed by atoms with Gasteiger partial charge in [-0.3, -0.25) is 0 Å². The monoisotopic (exact) mass is 387 g/mol. The van der Waals surface area contributed by atoms with Crippen LogP contribution in [0.3, 0.4) is 0 Å². The number of aromatic nitrogens is 3. The van der Waals surface area contributed by atoms with Crippen molar-refractivity contribution < 1.29 is 9.34 Å². The van der Waals surface area contributed by atoms with Crippen molar-refractivity contribution >= 4 is 22.7 Å². The SMILES string of the molecule is O=[N+]([O-])c1ccc(-c2ccc3oc(-c4ccc(N5CCCC5)nc4)nc3c2)cn1. The second-order valence-corrected chi connectivity index (χ2v) is 6.96. The predicted octanol–water partition coefficient (Wildman–Crippen LogP) is 4.46. The lowest BCUT2D eigenvalue weighted by Crippen LogP contribution is -2.18. The first-order valence-corrected chi connectivity index (χ1v) is 9.40. The summed E-state index contributed by atoms with van der Waals surface area (Å²) in [5, 5.41) is 10.8. The van der Waals surface area contributed by atoms with E-state index in [4.69, 9.17) is 4.42 Å². The van der Waals surface area contributed by atoms with Gasteiger partial charge in [-0.25, -0.2) is 9.97 Å². The van der Waals surface area contributed by atoms with Crippen LogP contribution in [0.5, 0.6) is 0 Å². The predicted molar refractivity (Wildman–Crippen MR) is 109 cm³/mol. The Morgan fingerprint density at radius 2 is 1.69 bits per heavy atom. The summed E-state index contributed by atoms with van der Waals surface area (Å²) in [4.78, 5) is 25.6. The van der Waals surface area contributed by atoms with Crippen LogP contribution in [0, 0.1) is 10.1 Å². The summed E-state index contributed by atoms with van der Waals surface area (Å²) in [5.41, 5.74) is 3.84. The molecule has 0 saturated carbocycles. The average Bonchev–Trinajstić information content (AvgIpc) is 3.43. The van der Waals surface area contributed by atoms with Gasteiger partial charge in [0.05, 0.1) is 5.56 Å². The van der Waals surface area contributed by atoms with E-state index in [-0.39, 0.29) is 5.82 Å². The number of benzene rings is 1. The maximum absolute atomic E-state index is 10.8. The van der Waals surface area contributed by atoms with E-state index in [0.29, 0.717) is 17.0 Å². The molecule has 0 bridgehead atoms. The molecule has 4 heterocycles. The number of rotatable bonds is 4. The maximum Gasteiger partial charge on any atom is 0.363 e. The molecule has 8 heteroatoms. The number of pyridine rings is 2. The number of nitro groups is 1. The van der Waals surface area contributed by atoms with E-state index >= 15 is 0 Å². The molecule has 5 rings (SSSR count). The van der Waals surface area contributed by atoms with Crippen molar-refractivity contribution in [2.45, 2.75) is 12.8 Å². The fraction of sp³-hybridized carbons (Fsp3) is 0.190. The number of hydrogen-bond acceptors (Lipinski definition) is 7. The van der Waals surface area contributed by atoms with Crippen molar-refractivity contribution in [1.82, 2.24) is 15.0 Å². The van der Waals surface area contributed by atoms with Crippen molar-refractivity contribution in [2.75, 3.05) is 18.0 Å². The molecule has 4 aromatic rings. The Bertz CT molecular complexity index is 1180. The minimum Gasteiger partial charge on any atom is -0.436 e. The molecule has 1 aliphatic rings. The molecule has 29 heavy (non-hydrogen) atoms. The van der Waals surface area contributed by atoms with Crippen LogP contribution in [0.25, 0.3) is 33.7 Å². The molecule has 0 N–H and O–H groups in total. The van der Waals surface area contributed by atoms with Crippen molar-refractivity contribution in [3.63, 3.8) is 0 Å². The zero-order chi connectivity index (χ0) is 19.8. The van der Waals surface area contributed by atoms with Gasteiger partial charge in [-0.05, 0) is 58.6 Å².